The molecule has 0 radical (unpaired) electrons. The lowest BCUT2D eigenvalue weighted by atomic mass is 10.1. The summed E-state index contributed by atoms with van der Waals surface area (Å²) in [5.41, 5.74) is 2.43. The third kappa shape index (κ3) is 5.73. The second kappa shape index (κ2) is 9.78. The predicted octanol–water partition coefficient (Wildman–Crippen LogP) is 2.87. The van der Waals surface area contributed by atoms with Gasteiger partial charge >= 0.3 is 0 Å². The average Bonchev–Trinajstić information content (AvgIpc) is 3.18. The molecule has 2 aromatic rings. The van der Waals surface area contributed by atoms with Crippen LogP contribution in [-0.4, -0.2) is 56.3 Å². The van der Waals surface area contributed by atoms with Crippen molar-refractivity contribution >= 4 is 17.7 Å². The Morgan fingerprint density at radius 2 is 2.22 bits per heavy atom. The monoisotopic (exact) mass is 386 g/mol. The SMILES string of the molecule is CCNC(=NCc1cccc(Cn2cncn2)c1)N1CCSC(C(C)C)C1. The van der Waals surface area contributed by atoms with Gasteiger partial charge < -0.3 is 10.2 Å². The summed E-state index contributed by atoms with van der Waals surface area (Å²) in [5.74, 6) is 2.89. The van der Waals surface area contributed by atoms with Crippen LogP contribution in [0, 0.1) is 5.92 Å². The molecular formula is C20H30N6S. The fourth-order valence-electron chi connectivity index (χ4n) is 3.19. The molecule has 0 amide bonds. The molecule has 1 aromatic heterocycles. The highest BCUT2D eigenvalue weighted by atomic mass is 32.2. The summed E-state index contributed by atoms with van der Waals surface area (Å²) in [6, 6.07) is 8.56. The molecule has 1 saturated heterocycles. The van der Waals surface area contributed by atoms with E-state index in [1.165, 1.54) is 16.9 Å². The van der Waals surface area contributed by atoms with Crippen LogP contribution in [0.1, 0.15) is 31.9 Å². The first-order chi connectivity index (χ1) is 13.2. The van der Waals surface area contributed by atoms with Crippen LogP contribution in [0.5, 0.6) is 0 Å². The Balaban J connectivity index is 1.67. The Morgan fingerprint density at radius 3 is 2.96 bits per heavy atom. The molecule has 1 fully saturated rings. The molecule has 3 rings (SSSR count). The lowest BCUT2D eigenvalue weighted by Gasteiger charge is -2.36. The lowest BCUT2D eigenvalue weighted by Crippen LogP contribution is -2.49. The van der Waals surface area contributed by atoms with Gasteiger partial charge in [0.15, 0.2) is 5.96 Å². The standard InChI is InChI=1S/C20H30N6S/c1-4-22-20(25-8-9-27-19(13-25)16(2)3)23-11-17-6-5-7-18(10-17)12-26-15-21-14-24-26/h5-7,10,14-16,19H,4,8-9,11-13H2,1-3H3,(H,22,23). The molecule has 1 aromatic carbocycles. The zero-order valence-corrected chi connectivity index (χ0v) is 17.3. The number of guanidine groups is 1. The average molecular weight is 387 g/mol. The van der Waals surface area contributed by atoms with E-state index >= 15 is 0 Å². The van der Waals surface area contributed by atoms with Crippen LogP contribution in [0.15, 0.2) is 41.9 Å². The third-order valence-electron chi connectivity index (χ3n) is 4.69. The summed E-state index contributed by atoms with van der Waals surface area (Å²) in [4.78, 5) is 11.4. The minimum Gasteiger partial charge on any atom is -0.357 e. The summed E-state index contributed by atoms with van der Waals surface area (Å²) >= 11 is 2.09. The van der Waals surface area contributed by atoms with E-state index < -0.39 is 0 Å². The van der Waals surface area contributed by atoms with Gasteiger partial charge in [0.1, 0.15) is 12.7 Å². The van der Waals surface area contributed by atoms with E-state index in [1.54, 1.807) is 12.7 Å². The molecule has 1 aliphatic heterocycles. The summed E-state index contributed by atoms with van der Waals surface area (Å²) in [6.45, 7) is 11.2. The molecule has 2 heterocycles. The fourth-order valence-corrected chi connectivity index (χ4v) is 4.49. The minimum absolute atomic E-state index is 0.675. The van der Waals surface area contributed by atoms with Crippen LogP contribution in [0.4, 0.5) is 0 Å². The van der Waals surface area contributed by atoms with Gasteiger partial charge in [0.05, 0.1) is 13.1 Å². The number of nitrogens with zero attached hydrogens (tertiary/aromatic N) is 5. The largest absolute Gasteiger partial charge is 0.357 e. The van der Waals surface area contributed by atoms with E-state index in [-0.39, 0.29) is 0 Å². The molecule has 146 valence electrons. The summed E-state index contributed by atoms with van der Waals surface area (Å²) in [7, 11) is 0. The molecule has 27 heavy (non-hydrogen) atoms. The highest BCUT2D eigenvalue weighted by Gasteiger charge is 2.24. The van der Waals surface area contributed by atoms with Crippen LogP contribution in [0.2, 0.25) is 0 Å². The van der Waals surface area contributed by atoms with E-state index in [2.05, 4.69) is 77.1 Å². The Labute approximate surface area is 166 Å². The molecule has 1 unspecified atom stereocenters. The molecule has 0 bridgehead atoms. The number of hydrogen-bond donors (Lipinski definition) is 1. The van der Waals surface area contributed by atoms with Crippen LogP contribution in [0.25, 0.3) is 0 Å². The topological polar surface area (TPSA) is 58.3 Å². The number of thioether (sulfide) groups is 1. The maximum Gasteiger partial charge on any atom is 0.194 e. The Kier molecular flexibility index (Phi) is 7.15. The molecule has 1 N–H and O–H groups in total. The quantitative estimate of drug-likeness (QED) is 0.611. The van der Waals surface area contributed by atoms with Gasteiger partial charge in [0.2, 0.25) is 0 Å². The lowest BCUT2D eigenvalue weighted by molar-refractivity contribution is 0.381. The van der Waals surface area contributed by atoms with Crippen molar-refractivity contribution in [2.45, 2.75) is 39.1 Å². The zero-order valence-electron chi connectivity index (χ0n) is 16.5. The van der Waals surface area contributed by atoms with E-state index in [9.17, 15) is 0 Å². The number of nitrogens with one attached hydrogen (secondary N) is 1. The normalized spacial score (nSPS) is 18.1. The van der Waals surface area contributed by atoms with Crippen molar-refractivity contribution in [1.82, 2.24) is 25.0 Å². The van der Waals surface area contributed by atoms with Gasteiger partial charge in [-0.05, 0) is 24.0 Å². The number of hydrogen-bond acceptors (Lipinski definition) is 4. The molecule has 1 aliphatic rings. The fraction of sp³-hybridized carbons (Fsp3) is 0.550. The molecule has 6 nitrogen and oxygen atoms in total. The molecule has 0 aliphatic carbocycles. The molecule has 0 spiro atoms. The van der Waals surface area contributed by atoms with Crippen molar-refractivity contribution in [3.63, 3.8) is 0 Å². The number of rotatable bonds is 6. The second-order valence-electron chi connectivity index (χ2n) is 7.18. The number of benzene rings is 1. The van der Waals surface area contributed by atoms with Crippen molar-refractivity contribution in [2.24, 2.45) is 10.9 Å². The molecule has 7 heteroatoms. The molecule has 1 atom stereocenters. The van der Waals surface area contributed by atoms with Gasteiger partial charge in [-0.25, -0.2) is 14.7 Å². The highest BCUT2D eigenvalue weighted by molar-refractivity contribution is 8.00. The maximum absolute atomic E-state index is 4.93. The van der Waals surface area contributed by atoms with Gasteiger partial charge in [-0.15, -0.1) is 0 Å². The van der Waals surface area contributed by atoms with Crippen molar-refractivity contribution in [2.75, 3.05) is 25.4 Å². The first-order valence-electron chi connectivity index (χ1n) is 9.70. The van der Waals surface area contributed by atoms with Crippen LogP contribution in [0.3, 0.4) is 0 Å². The maximum atomic E-state index is 4.93. The van der Waals surface area contributed by atoms with Crippen molar-refractivity contribution < 1.29 is 0 Å². The molecular weight excluding hydrogens is 356 g/mol. The number of aliphatic imine (C=N–C) groups is 1. The highest BCUT2D eigenvalue weighted by Crippen LogP contribution is 2.25. The first kappa shape index (κ1) is 19.7. The minimum atomic E-state index is 0.675. The van der Waals surface area contributed by atoms with Gasteiger partial charge in [0.25, 0.3) is 0 Å². The van der Waals surface area contributed by atoms with Gasteiger partial charge in [-0.3, -0.25) is 0 Å². The van der Waals surface area contributed by atoms with Crippen molar-refractivity contribution in [3.05, 3.63) is 48.0 Å². The smallest absolute Gasteiger partial charge is 0.194 e. The number of aromatic nitrogens is 3. The Morgan fingerprint density at radius 1 is 1.37 bits per heavy atom. The summed E-state index contributed by atoms with van der Waals surface area (Å²) in [6.07, 6.45) is 3.31. The van der Waals surface area contributed by atoms with Gasteiger partial charge in [-0.1, -0.05) is 38.1 Å². The van der Waals surface area contributed by atoms with E-state index in [1.807, 2.05) is 4.68 Å². The van der Waals surface area contributed by atoms with Crippen LogP contribution in [-0.2, 0) is 13.1 Å². The van der Waals surface area contributed by atoms with E-state index in [4.69, 9.17) is 4.99 Å². The van der Waals surface area contributed by atoms with Gasteiger partial charge in [-0.2, -0.15) is 16.9 Å². The molecule has 0 saturated carbocycles. The Bertz CT molecular complexity index is 728. The van der Waals surface area contributed by atoms with Crippen molar-refractivity contribution in [1.29, 1.82) is 0 Å². The zero-order chi connectivity index (χ0) is 19.1. The summed E-state index contributed by atoms with van der Waals surface area (Å²) in [5, 5.41) is 8.33. The van der Waals surface area contributed by atoms with Gasteiger partial charge in [0, 0.05) is 30.6 Å². The van der Waals surface area contributed by atoms with E-state index in [0.717, 1.165) is 32.1 Å². The predicted molar refractivity (Wildman–Crippen MR) is 113 cm³/mol. The summed E-state index contributed by atoms with van der Waals surface area (Å²) < 4.78 is 1.84. The second-order valence-corrected chi connectivity index (χ2v) is 8.53. The Hall–Kier alpha value is -2.02. The van der Waals surface area contributed by atoms with E-state index in [0.29, 0.717) is 17.7 Å². The van der Waals surface area contributed by atoms with Crippen molar-refractivity contribution in [3.8, 4) is 0 Å². The third-order valence-corrected chi connectivity index (χ3v) is 6.23. The first-order valence-corrected chi connectivity index (χ1v) is 10.8. The van der Waals surface area contributed by atoms with Crippen LogP contribution < -0.4 is 5.32 Å². The van der Waals surface area contributed by atoms with Crippen LogP contribution >= 0.6 is 11.8 Å².